The average Bonchev–Trinajstić information content (AvgIpc) is 3.66. The lowest BCUT2D eigenvalue weighted by atomic mass is 10.1. The second-order valence-corrected chi connectivity index (χ2v) is 15.1. The minimum Gasteiger partial charge on any atom is -0.491 e. The van der Waals surface area contributed by atoms with Crippen LogP contribution in [0.25, 0.3) is 64.5 Å². The van der Waals surface area contributed by atoms with E-state index in [2.05, 4.69) is 83.8 Å². The normalized spacial score (nSPS) is 15.8. The van der Waals surface area contributed by atoms with Crippen LogP contribution in [0.2, 0.25) is 0 Å². The van der Waals surface area contributed by atoms with Crippen molar-refractivity contribution in [1.82, 2.24) is 9.97 Å². The molecule has 0 aliphatic carbocycles. The van der Waals surface area contributed by atoms with Crippen molar-refractivity contribution in [1.29, 1.82) is 0 Å². The molecule has 3 aromatic heterocycles. The Morgan fingerprint density at radius 2 is 0.914 bits per heavy atom. The van der Waals surface area contributed by atoms with Gasteiger partial charge < -0.3 is 33.3 Å². The largest absolute Gasteiger partial charge is 0.491 e. The third kappa shape index (κ3) is 8.77. The van der Waals surface area contributed by atoms with Crippen molar-refractivity contribution in [2.75, 3.05) is 84.1 Å². The molecule has 9 nitrogen and oxygen atoms in total. The van der Waals surface area contributed by atoms with Crippen molar-refractivity contribution >= 4 is 59.0 Å². The van der Waals surface area contributed by atoms with Gasteiger partial charge in [0, 0.05) is 50.5 Å². The maximum atomic E-state index is 6.06. The lowest BCUT2D eigenvalue weighted by Gasteiger charge is -2.25. The van der Waals surface area contributed by atoms with Crippen molar-refractivity contribution in [2.24, 2.45) is 0 Å². The predicted octanol–water partition coefficient (Wildman–Crippen LogP) is 9.83. The summed E-state index contributed by atoms with van der Waals surface area (Å²) in [7, 11) is 0. The molecule has 6 heterocycles. The molecule has 5 aromatic carbocycles. The average molecular weight is 792 g/mol. The Bertz CT molecular complexity index is 2490. The zero-order valence-corrected chi connectivity index (χ0v) is 33.1. The molecule has 0 fully saturated rings. The van der Waals surface area contributed by atoms with Gasteiger partial charge in [-0.1, -0.05) is 54.6 Å². The molecule has 0 amide bonds. The zero-order chi connectivity index (χ0) is 38.9. The van der Waals surface area contributed by atoms with E-state index in [0.717, 1.165) is 68.9 Å². The number of pyridine rings is 2. The minimum atomic E-state index is 0.446. The van der Waals surface area contributed by atoms with Crippen LogP contribution in [0.4, 0.5) is 5.69 Å². The van der Waals surface area contributed by atoms with Gasteiger partial charge in [-0.05, 0) is 72.8 Å². The van der Waals surface area contributed by atoms with Crippen molar-refractivity contribution < 1.29 is 28.4 Å². The number of hydrogen-bond acceptors (Lipinski definition) is 10. The SMILES string of the molecule is c1ccc2c(c1)sc1c(N3CCOCCOCCOc4ccc(cc4)-c4ccc5ccc6ccc(nc6c5n4)-c4ccc(cc4)OCCOCCOCC3)cccc12. The van der Waals surface area contributed by atoms with Crippen LogP contribution in [0.1, 0.15) is 0 Å². The molecule has 0 saturated heterocycles. The maximum Gasteiger partial charge on any atom is 0.119 e. The summed E-state index contributed by atoms with van der Waals surface area (Å²) in [5.74, 6) is 1.56. The molecule has 8 aromatic rings. The molecule has 11 rings (SSSR count). The highest BCUT2D eigenvalue weighted by atomic mass is 32.1. The van der Waals surface area contributed by atoms with Crippen LogP contribution < -0.4 is 14.4 Å². The van der Waals surface area contributed by atoms with Crippen molar-refractivity contribution in [3.8, 4) is 34.0 Å². The van der Waals surface area contributed by atoms with Gasteiger partial charge in [0.15, 0.2) is 0 Å². The second kappa shape index (κ2) is 18.3. The molecule has 0 N–H and O–H groups in total. The first-order valence-corrected chi connectivity index (χ1v) is 20.7. The number of nitrogens with zero attached hydrogens (tertiary/aromatic N) is 3. The third-order valence-corrected chi connectivity index (χ3v) is 11.5. The molecule has 0 radical (unpaired) electrons. The Labute approximate surface area is 341 Å². The molecular formula is C48H45N3O6S. The van der Waals surface area contributed by atoms with E-state index in [0.29, 0.717) is 66.1 Å². The fourth-order valence-corrected chi connectivity index (χ4v) is 8.54. The van der Waals surface area contributed by atoms with Crippen molar-refractivity contribution in [3.63, 3.8) is 0 Å². The standard InChI is InChI=1S/C48H45N3O6S/c1-2-7-45-40(4-1)41-5-3-6-44(48(41)58-45)51-22-24-52-26-28-54-30-32-56-38-16-10-34(11-17-38)42-20-14-36-8-9-37-15-21-43(50-47(37)46(36)49-42)35-12-18-39(19-13-35)57-33-31-55-29-27-53-25-23-51/h1-21H,22-33H2. The van der Waals surface area contributed by atoms with Gasteiger partial charge in [0.25, 0.3) is 0 Å². The van der Waals surface area contributed by atoms with Crippen LogP contribution in [-0.4, -0.2) is 89.1 Å². The number of hydrogen-bond donors (Lipinski definition) is 0. The lowest BCUT2D eigenvalue weighted by molar-refractivity contribution is 0.0347. The first kappa shape index (κ1) is 37.9. The zero-order valence-electron chi connectivity index (χ0n) is 32.3. The van der Waals surface area contributed by atoms with Gasteiger partial charge in [-0.25, -0.2) is 9.97 Å². The first-order chi connectivity index (χ1) is 28.8. The van der Waals surface area contributed by atoms with Gasteiger partial charge in [0.05, 0.1) is 85.7 Å². The highest BCUT2D eigenvalue weighted by Gasteiger charge is 2.15. The van der Waals surface area contributed by atoms with E-state index in [1.54, 1.807) is 0 Å². The van der Waals surface area contributed by atoms with E-state index in [9.17, 15) is 0 Å². The monoisotopic (exact) mass is 791 g/mol. The highest BCUT2D eigenvalue weighted by Crippen LogP contribution is 2.39. The van der Waals surface area contributed by atoms with Gasteiger partial charge >= 0.3 is 0 Å². The van der Waals surface area contributed by atoms with Crippen LogP contribution in [0.5, 0.6) is 11.5 Å². The Morgan fingerprint density at radius 1 is 0.431 bits per heavy atom. The van der Waals surface area contributed by atoms with Crippen molar-refractivity contribution in [3.05, 3.63) is 127 Å². The summed E-state index contributed by atoms with van der Waals surface area (Å²) in [6.45, 7) is 6.42. The molecule has 0 spiro atoms. The summed E-state index contributed by atoms with van der Waals surface area (Å²) in [5.41, 5.74) is 6.69. The van der Waals surface area contributed by atoms with E-state index < -0.39 is 0 Å². The molecule has 0 saturated carbocycles. The molecule has 8 bridgehead atoms. The molecule has 3 aliphatic rings. The first-order valence-electron chi connectivity index (χ1n) is 19.9. The van der Waals surface area contributed by atoms with Gasteiger partial charge in [-0.2, -0.15) is 0 Å². The Hall–Kier alpha value is -5.62. The van der Waals surface area contributed by atoms with Gasteiger partial charge in [-0.3, -0.25) is 0 Å². The number of fused-ring (bicyclic) bond motifs is 5. The fourth-order valence-electron chi connectivity index (χ4n) is 7.30. The molecule has 3 aliphatic heterocycles. The maximum absolute atomic E-state index is 6.06. The summed E-state index contributed by atoms with van der Waals surface area (Å²) in [6.07, 6.45) is 0. The number of ether oxygens (including phenoxy) is 6. The summed E-state index contributed by atoms with van der Waals surface area (Å²) in [6, 6.07) is 43.7. The lowest BCUT2D eigenvalue weighted by Crippen LogP contribution is -2.31. The van der Waals surface area contributed by atoms with Crippen LogP contribution in [-0.2, 0) is 18.9 Å². The quantitative estimate of drug-likeness (QED) is 0.151. The fraction of sp³-hybridized carbons (Fsp3) is 0.250. The Morgan fingerprint density at radius 3 is 1.48 bits per heavy atom. The van der Waals surface area contributed by atoms with Crippen molar-refractivity contribution in [2.45, 2.75) is 0 Å². The molecule has 10 heteroatoms. The van der Waals surface area contributed by atoms with Gasteiger partial charge in [-0.15, -0.1) is 11.3 Å². The Kier molecular flexibility index (Phi) is 12.0. The molecule has 58 heavy (non-hydrogen) atoms. The predicted molar refractivity (Wildman–Crippen MR) is 234 cm³/mol. The summed E-state index contributed by atoms with van der Waals surface area (Å²) < 4.78 is 38.4. The number of anilines is 1. The van der Waals surface area contributed by atoms with E-state index in [4.69, 9.17) is 38.4 Å². The molecule has 294 valence electrons. The van der Waals surface area contributed by atoms with E-state index in [-0.39, 0.29) is 0 Å². The summed E-state index contributed by atoms with van der Waals surface area (Å²) in [5, 5.41) is 4.64. The summed E-state index contributed by atoms with van der Waals surface area (Å²) >= 11 is 1.83. The summed E-state index contributed by atoms with van der Waals surface area (Å²) in [4.78, 5) is 12.6. The Balaban J connectivity index is 0.885. The van der Waals surface area contributed by atoms with Gasteiger partial charge in [0.1, 0.15) is 24.7 Å². The van der Waals surface area contributed by atoms with E-state index in [1.165, 1.54) is 25.9 Å². The number of aromatic nitrogens is 2. The minimum absolute atomic E-state index is 0.446. The number of rotatable bonds is 1. The number of thiophene rings is 1. The van der Waals surface area contributed by atoms with Crippen LogP contribution in [0.15, 0.2) is 127 Å². The topological polar surface area (TPSA) is 84.4 Å². The van der Waals surface area contributed by atoms with Crippen LogP contribution in [0, 0.1) is 0 Å². The number of benzene rings is 5. The molecule has 0 unspecified atom stereocenters. The molecular weight excluding hydrogens is 747 g/mol. The van der Waals surface area contributed by atoms with Gasteiger partial charge in [0.2, 0.25) is 0 Å². The third-order valence-electron chi connectivity index (χ3n) is 10.3. The van der Waals surface area contributed by atoms with E-state index in [1.807, 2.05) is 59.9 Å². The van der Waals surface area contributed by atoms with E-state index >= 15 is 0 Å². The second-order valence-electron chi connectivity index (χ2n) is 14.0. The van der Waals surface area contributed by atoms with Crippen LogP contribution in [0.3, 0.4) is 0 Å². The molecule has 0 atom stereocenters. The highest BCUT2D eigenvalue weighted by molar-refractivity contribution is 7.26. The smallest absolute Gasteiger partial charge is 0.119 e. The van der Waals surface area contributed by atoms with Crippen LogP contribution >= 0.6 is 11.3 Å².